The van der Waals surface area contributed by atoms with Crippen LogP contribution in [0.2, 0.25) is 10.0 Å². The molecule has 1 fully saturated rings. The Labute approximate surface area is 180 Å². The summed E-state index contributed by atoms with van der Waals surface area (Å²) in [5.74, 6) is -2.24. The summed E-state index contributed by atoms with van der Waals surface area (Å²) in [5.41, 5.74) is 1.41. The lowest BCUT2D eigenvalue weighted by Crippen LogP contribution is -2.43. The van der Waals surface area contributed by atoms with E-state index in [4.69, 9.17) is 23.2 Å². The number of carbonyl (C=O) groups is 3. The third-order valence-electron chi connectivity index (χ3n) is 4.78. The molecule has 30 heavy (non-hydrogen) atoms. The van der Waals surface area contributed by atoms with Crippen LogP contribution in [-0.4, -0.2) is 41.4 Å². The number of imide groups is 1. The van der Waals surface area contributed by atoms with E-state index < -0.39 is 35.6 Å². The Kier molecular flexibility index (Phi) is 5.17. The number of anilines is 2. The lowest BCUT2D eigenvalue weighted by molar-refractivity contribution is -0.123. The van der Waals surface area contributed by atoms with Crippen LogP contribution in [-0.2, 0) is 14.4 Å². The molecule has 0 saturated carbocycles. The van der Waals surface area contributed by atoms with E-state index in [-0.39, 0.29) is 17.3 Å². The van der Waals surface area contributed by atoms with Crippen LogP contribution < -0.4 is 10.2 Å². The van der Waals surface area contributed by atoms with Gasteiger partial charge in [-0.2, -0.15) is 5.11 Å². The van der Waals surface area contributed by atoms with Crippen LogP contribution in [0.4, 0.5) is 15.8 Å². The van der Waals surface area contributed by atoms with Gasteiger partial charge >= 0.3 is 0 Å². The molecule has 1 N–H and O–H groups in total. The van der Waals surface area contributed by atoms with Crippen molar-refractivity contribution in [1.29, 1.82) is 0 Å². The van der Waals surface area contributed by atoms with Crippen molar-refractivity contribution in [3.8, 4) is 0 Å². The zero-order chi connectivity index (χ0) is 21.6. The number of halogens is 3. The third-order valence-corrected chi connectivity index (χ3v) is 5.48. The van der Waals surface area contributed by atoms with Gasteiger partial charge in [0.05, 0.1) is 10.7 Å². The minimum Gasteiger partial charge on any atom is -0.324 e. The van der Waals surface area contributed by atoms with Crippen LogP contribution >= 0.6 is 23.2 Å². The number of nitrogens with zero attached hydrogens (tertiary/aromatic N) is 4. The monoisotopic (exact) mass is 449 g/mol. The van der Waals surface area contributed by atoms with Crippen molar-refractivity contribution < 1.29 is 18.8 Å². The van der Waals surface area contributed by atoms with Gasteiger partial charge < -0.3 is 5.32 Å². The maximum atomic E-state index is 13.3. The van der Waals surface area contributed by atoms with E-state index in [0.29, 0.717) is 10.7 Å². The highest BCUT2D eigenvalue weighted by Gasteiger charge is 2.55. The Bertz CT molecular complexity index is 1110. The molecule has 0 spiro atoms. The summed E-state index contributed by atoms with van der Waals surface area (Å²) in [6.07, 6.45) is 0. The summed E-state index contributed by atoms with van der Waals surface area (Å²) < 4.78 is 13.3. The molecule has 1 saturated heterocycles. The Hall–Kier alpha value is -3.04. The predicted octanol–water partition coefficient (Wildman–Crippen LogP) is 3.37. The molecular weight excluding hydrogens is 436 g/mol. The number of hydrogen-bond donors (Lipinski definition) is 1. The first-order valence-corrected chi connectivity index (χ1v) is 9.58. The average molecular weight is 450 g/mol. The number of amides is 3. The Morgan fingerprint density at radius 2 is 1.90 bits per heavy atom. The number of nitrogens with one attached hydrogen (secondary N) is 1. The summed E-state index contributed by atoms with van der Waals surface area (Å²) in [6.45, 7) is 1.47. The quantitative estimate of drug-likeness (QED) is 0.723. The van der Waals surface area contributed by atoms with Gasteiger partial charge in [-0.05, 0) is 42.8 Å². The van der Waals surface area contributed by atoms with Gasteiger partial charge in [0.25, 0.3) is 11.8 Å². The van der Waals surface area contributed by atoms with Gasteiger partial charge in [0.15, 0.2) is 12.1 Å². The summed E-state index contributed by atoms with van der Waals surface area (Å²) in [4.78, 5) is 39.0. The van der Waals surface area contributed by atoms with E-state index >= 15 is 0 Å². The highest BCUT2D eigenvalue weighted by Crippen LogP contribution is 2.33. The van der Waals surface area contributed by atoms with Crippen molar-refractivity contribution in [3.63, 3.8) is 0 Å². The molecule has 4 rings (SSSR count). The molecular formula is C19H14Cl2FN5O3. The van der Waals surface area contributed by atoms with Gasteiger partial charge in [0.2, 0.25) is 5.91 Å². The second-order valence-electron chi connectivity index (χ2n) is 6.81. The van der Waals surface area contributed by atoms with Crippen LogP contribution in [0.1, 0.15) is 5.56 Å². The van der Waals surface area contributed by atoms with Crippen molar-refractivity contribution in [3.05, 3.63) is 57.8 Å². The lowest BCUT2D eigenvalue weighted by Gasteiger charge is -2.20. The minimum atomic E-state index is -1.04. The number of benzene rings is 2. The highest BCUT2D eigenvalue weighted by molar-refractivity contribution is 6.32. The summed E-state index contributed by atoms with van der Waals surface area (Å²) in [5, 5.41) is 11.6. The Morgan fingerprint density at radius 1 is 1.13 bits per heavy atom. The second-order valence-corrected chi connectivity index (χ2v) is 7.63. The number of hydrogen-bond acceptors (Lipinski definition) is 6. The topological polar surface area (TPSA) is 94.4 Å². The average Bonchev–Trinajstić information content (AvgIpc) is 3.21. The van der Waals surface area contributed by atoms with Crippen molar-refractivity contribution in [2.45, 2.75) is 19.0 Å². The molecule has 2 atom stereocenters. The molecule has 8 nitrogen and oxygen atoms in total. The van der Waals surface area contributed by atoms with E-state index in [1.807, 2.05) is 0 Å². The first-order chi connectivity index (χ1) is 14.3. The fourth-order valence-corrected chi connectivity index (χ4v) is 3.61. The third kappa shape index (κ3) is 3.50. The van der Waals surface area contributed by atoms with E-state index in [0.717, 1.165) is 21.5 Å². The molecule has 154 valence electrons. The van der Waals surface area contributed by atoms with E-state index in [9.17, 15) is 18.8 Å². The molecule has 0 unspecified atom stereocenters. The molecule has 2 aliphatic rings. The zero-order valence-corrected chi connectivity index (χ0v) is 17.0. The van der Waals surface area contributed by atoms with Crippen LogP contribution in [0.3, 0.4) is 0 Å². The van der Waals surface area contributed by atoms with Gasteiger partial charge in [0.1, 0.15) is 12.4 Å². The molecule has 2 aliphatic heterocycles. The molecule has 2 aromatic rings. The lowest BCUT2D eigenvalue weighted by atomic mass is 10.1. The fraction of sp³-hybridized carbons (Fsp3) is 0.211. The summed E-state index contributed by atoms with van der Waals surface area (Å²) in [6, 6.07) is 6.51. The van der Waals surface area contributed by atoms with Gasteiger partial charge in [-0.3, -0.25) is 19.4 Å². The van der Waals surface area contributed by atoms with Crippen LogP contribution in [0.5, 0.6) is 0 Å². The number of carbonyl (C=O) groups excluding carboxylic acids is 3. The first kappa shape index (κ1) is 20.2. The maximum absolute atomic E-state index is 13.3. The summed E-state index contributed by atoms with van der Waals surface area (Å²) >= 11 is 11.8. The number of rotatable bonds is 4. The zero-order valence-electron chi connectivity index (χ0n) is 15.5. The van der Waals surface area contributed by atoms with E-state index in [1.165, 1.54) is 18.2 Å². The fourth-order valence-electron chi connectivity index (χ4n) is 3.25. The molecule has 3 amide bonds. The van der Waals surface area contributed by atoms with Gasteiger partial charge in [0, 0.05) is 10.7 Å². The minimum absolute atomic E-state index is 0.141. The number of aryl methyl sites for hydroxylation is 1. The predicted molar refractivity (Wildman–Crippen MR) is 108 cm³/mol. The van der Waals surface area contributed by atoms with Gasteiger partial charge in [-0.1, -0.05) is 34.5 Å². The smallest absolute Gasteiger partial charge is 0.263 e. The molecule has 0 bridgehead atoms. The normalized spacial score (nSPS) is 20.1. The summed E-state index contributed by atoms with van der Waals surface area (Å²) in [7, 11) is 0. The van der Waals surface area contributed by atoms with E-state index in [2.05, 4.69) is 15.7 Å². The van der Waals surface area contributed by atoms with Crippen molar-refractivity contribution in [2.75, 3.05) is 16.8 Å². The van der Waals surface area contributed by atoms with Crippen molar-refractivity contribution in [1.82, 2.24) is 5.01 Å². The molecule has 0 aromatic heterocycles. The highest BCUT2D eigenvalue weighted by atomic mass is 35.5. The molecule has 0 aliphatic carbocycles. The SMILES string of the molecule is Cc1ccc(N2C(=O)[C@@H]3N=NN(CC(=O)Nc4ccc(F)c(Cl)c4)[C@H]3C2=O)cc1Cl. The molecule has 0 radical (unpaired) electrons. The van der Waals surface area contributed by atoms with Crippen LogP contribution in [0, 0.1) is 12.7 Å². The van der Waals surface area contributed by atoms with Crippen molar-refractivity contribution in [2.24, 2.45) is 10.3 Å². The standard InChI is InChI=1S/C19H14Cl2FN5O3/c1-9-2-4-11(7-12(9)20)27-18(29)16-17(19(27)30)26(25-24-16)8-15(28)23-10-3-5-14(22)13(21)6-10/h2-7,16-17H,8H2,1H3,(H,23,28)/t16-,17-/m1/s1. The van der Waals surface area contributed by atoms with Crippen LogP contribution in [0.15, 0.2) is 46.7 Å². The van der Waals surface area contributed by atoms with Gasteiger partial charge in [-0.15, -0.1) is 0 Å². The van der Waals surface area contributed by atoms with Crippen molar-refractivity contribution >= 4 is 52.3 Å². The molecule has 2 heterocycles. The maximum Gasteiger partial charge on any atom is 0.263 e. The molecule has 2 aromatic carbocycles. The second kappa shape index (κ2) is 7.66. The van der Waals surface area contributed by atoms with Gasteiger partial charge in [-0.25, -0.2) is 9.29 Å². The number of fused-ring (bicyclic) bond motifs is 1. The van der Waals surface area contributed by atoms with E-state index in [1.54, 1.807) is 19.1 Å². The molecule has 11 heteroatoms. The van der Waals surface area contributed by atoms with Crippen LogP contribution in [0.25, 0.3) is 0 Å². The Balaban J connectivity index is 1.49. The largest absolute Gasteiger partial charge is 0.324 e. The first-order valence-electron chi connectivity index (χ1n) is 8.82. The Morgan fingerprint density at radius 3 is 2.60 bits per heavy atom.